The molecule has 0 radical (unpaired) electrons. The van der Waals surface area contributed by atoms with Crippen molar-refractivity contribution in [1.82, 2.24) is 15.2 Å². The van der Waals surface area contributed by atoms with E-state index in [1.54, 1.807) is 25.4 Å². The maximum Gasteiger partial charge on any atom is 0.251 e. The van der Waals surface area contributed by atoms with Gasteiger partial charge in [-0.1, -0.05) is 12.1 Å². The van der Waals surface area contributed by atoms with E-state index in [-0.39, 0.29) is 11.9 Å². The van der Waals surface area contributed by atoms with Crippen LogP contribution in [0.15, 0.2) is 48.8 Å². The number of nitrogens with zero attached hydrogens (tertiary/aromatic N) is 2. The summed E-state index contributed by atoms with van der Waals surface area (Å²) in [4.78, 5) is 19.1. The van der Waals surface area contributed by atoms with Crippen molar-refractivity contribution in [2.24, 2.45) is 0 Å². The molecule has 6 nitrogen and oxygen atoms in total. The van der Waals surface area contributed by atoms with Crippen LogP contribution in [0, 0.1) is 0 Å². The third-order valence-electron chi connectivity index (χ3n) is 4.34. The van der Waals surface area contributed by atoms with Crippen molar-refractivity contribution < 1.29 is 14.3 Å². The summed E-state index contributed by atoms with van der Waals surface area (Å²) < 4.78 is 10.6. The van der Waals surface area contributed by atoms with Crippen molar-refractivity contribution in [2.75, 3.05) is 40.0 Å². The summed E-state index contributed by atoms with van der Waals surface area (Å²) in [6, 6.07) is 11.2. The molecule has 0 aliphatic carbocycles. The molecule has 0 saturated carbocycles. The normalized spacial score (nSPS) is 16.2. The Labute approximate surface area is 147 Å². The van der Waals surface area contributed by atoms with Gasteiger partial charge in [0.25, 0.3) is 5.91 Å². The zero-order chi connectivity index (χ0) is 17.5. The van der Waals surface area contributed by atoms with Crippen LogP contribution in [0.3, 0.4) is 0 Å². The predicted molar refractivity (Wildman–Crippen MR) is 94.7 cm³/mol. The summed E-state index contributed by atoms with van der Waals surface area (Å²) in [7, 11) is 1.59. The molecular formula is C19H23N3O3. The molecule has 0 bridgehead atoms. The maximum atomic E-state index is 12.5. The fourth-order valence-corrected chi connectivity index (χ4v) is 2.98. The molecule has 25 heavy (non-hydrogen) atoms. The molecule has 1 aromatic carbocycles. The number of morpholine rings is 1. The quantitative estimate of drug-likeness (QED) is 0.869. The first-order valence-electron chi connectivity index (χ1n) is 8.42. The van der Waals surface area contributed by atoms with Crippen LogP contribution in [0.1, 0.15) is 22.0 Å². The number of pyridine rings is 1. The zero-order valence-corrected chi connectivity index (χ0v) is 14.4. The van der Waals surface area contributed by atoms with Crippen LogP contribution < -0.4 is 10.1 Å². The van der Waals surface area contributed by atoms with Crippen LogP contribution in [0.25, 0.3) is 0 Å². The largest absolute Gasteiger partial charge is 0.497 e. The summed E-state index contributed by atoms with van der Waals surface area (Å²) in [6.07, 6.45) is 3.62. The minimum Gasteiger partial charge on any atom is -0.497 e. The molecule has 6 heteroatoms. The molecule has 0 spiro atoms. The molecule has 132 valence electrons. The molecule has 2 heterocycles. The van der Waals surface area contributed by atoms with Crippen LogP contribution in [-0.2, 0) is 4.74 Å². The summed E-state index contributed by atoms with van der Waals surface area (Å²) >= 11 is 0. The van der Waals surface area contributed by atoms with Crippen molar-refractivity contribution in [3.8, 4) is 5.75 Å². The van der Waals surface area contributed by atoms with E-state index in [1.807, 2.05) is 30.5 Å². The third kappa shape index (κ3) is 4.55. The molecule has 3 rings (SSSR count). The van der Waals surface area contributed by atoms with Gasteiger partial charge in [-0.3, -0.25) is 14.7 Å². The first-order valence-corrected chi connectivity index (χ1v) is 8.42. The minimum atomic E-state index is -0.110. The standard InChI is InChI=1S/C19H23N3O3/c1-24-17-6-2-4-15(12-17)19(23)21-14-18(16-5-3-7-20-13-16)22-8-10-25-11-9-22/h2-7,12-13,18H,8-11,14H2,1H3,(H,21,23)/t18-/m1/s1. The molecule has 1 fully saturated rings. The number of methoxy groups -OCH3 is 1. The Morgan fingerprint density at radius 2 is 2.16 bits per heavy atom. The van der Waals surface area contributed by atoms with Gasteiger partial charge in [-0.25, -0.2) is 0 Å². The summed E-state index contributed by atoms with van der Waals surface area (Å²) in [5.74, 6) is 0.561. The second-order valence-corrected chi connectivity index (χ2v) is 5.89. The Bertz CT molecular complexity index is 687. The van der Waals surface area contributed by atoms with E-state index >= 15 is 0 Å². The Balaban J connectivity index is 1.70. The Morgan fingerprint density at radius 1 is 1.32 bits per heavy atom. The van der Waals surface area contributed by atoms with Crippen LogP contribution in [-0.4, -0.2) is 55.7 Å². The highest BCUT2D eigenvalue weighted by Gasteiger charge is 2.23. The number of carbonyl (C=O) groups is 1. The van der Waals surface area contributed by atoms with Crippen LogP contribution >= 0.6 is 0 Å². The Hall–Kier alpha value is -2.44. The molecule has 1 amide bonds. The van der Waals surface area contributed by atoms with Gasteiger partial charge in [0.15, 0.2) is 0 Å². The number of amides is 1. The molecule has 1 saturated heterocycles. The van der Waals surface area contributed by atoms with E-state index < -0.39 is 0 Å². The second-order valence-electron chi connectivity index (χ2n) is 5.89. The van der Waals surface area contributed by atoms with Gasteiger partial charge in [-0.05, 0) is 29.8 Å². The van der Waals surface area contributed by atoms with E-state index in [4.69, 9.17) is 9.47 Å². The number of hydrogen-bond donors (Lipinski definition) is 1. The van der Waals surface area contributed by atoms with Crippen LogP contribution in [0.5, 0.6) is 5.75 Å². The van der Waals surface area contributed by atoms with Gasteiger partial charge in [0, 0.05) is 37.6 Å². The van der Waals surface area contributed by atoms with Gasteiger partial charge in [0.05, 0.1) is 26.4 Å². The highest BCUT2D eigenvalue weighted by molar-refractivity contribution is 5.94. The lowest BCUT2D eigenvalue weighted by atomic mass is 10.1. The first-order chi connectivity index (χ1) is 12.3. The fourth-order valence-electron chi connectivity index (χ4n) is 2.98. The lowest BCUT2D eigenvalue weighted by Gasteiger charge is -2.34. The number of rotatable bonds is 6. The number of aromatic nitrogens is 1. The van der Waals surface area contributed by atoms with Gasteiger partial charge in [-0.15, -0.1) is 0 Å². The lowest BCUT2D eigenvalue weighted by molar-refractivity contribution is 0.0161. The topological polar surface area (TPSA) is 63.7 Å². The molecule has 1 N–H and O–H groups in total. The van der Waals surface area contributed by atoms with Crippen molar-refractivity contribution >= 4 is 5.91 Å². The average Bonchev–Trinajstić information content (AvgIpc) is 2.69. The Morgan fingerprint density at radius 3 is 2.88 bits per heavy atom. The molecular weight excluding hydrogens is 318 g/mol. The smallest absolute Gasteiger partial charge is 0.251 e. The predicted octanol–water partition coefficient (Wildman–Crippen LogP) is 1.89. The third-order valence-corrected chi connectivity index (χ3v) is 4.34. The number of carbonyl (C=O) groups excluding carboxylic acids is 1. The number of nitrogens with one attached hydrogen (secondary N) is 1. The van der Waals surface area contributed by atoms with Gasteiger partial charge in [0.1, 0.15) is 5.75 Å². The highest BCUT2D eigenvalue weighted by atomic mass is 16.5. The van der Waals surface area contributed by atoms with Gasteiger partial charge >= 0.3 is 0 Å². The number of ether oxygens (including phenoxy) is 2. The first kappa shape index (κ1) is 17.4. The van der Waals surface area contributed by atoms with Crippen molar-refractivity contribution in [1.29, 1.82) is 0 Å². The molecule has 0 unspecified atom stereocenters. The molecule has 2 aromatic rings. The average molecular weight is 341 g/mol. The SMILES string of the molecule is COc1cccc(C(=O)NC[C@H](c2cccnc2)N2CCOCC2)c1. The molecule has 1 atom stereocenters. The minimum absolute atomic E-state index is 0.0761. The van der Waals surface area contributed by atoms with E-state index in [0.717, 1.165) is 18.7 Å². The molecule has 1 aromatic heterocycles. The van der Waals surface area contributed by atoms with Gasteiger partial charge < -0.3 is 14.8 Å². The highest BCUT2D eigenvalue weighted by Crippen LogP contribution is 2.21. The molecule has 1 aliphatic heterocycles. The van der Waals surface area contributed by atoms with Crippen molar-refractivity contribution in [3.63, 3.8) is 0 Å². The lowest BCUT2D eigenvalue weighted by Crippen LogP contribution is -2.43. The number of hydrogen-bond acceptors (Lipinski definition) is 5. The second kappa shape index (κ2) is 8.60. The molecule has 1 aliphatic rings. The fraction of sp³-hybridized carbons (Fsp3) is 0.368. The van der Waals surface area contributed by atoms with Crippen LogP contribution in [0.4, 0.5) is 0 Å². The van der Waals surface area contributed by atoms with E-state index in [9.17, 15) is 4.79 Å². The van der Waals surface area contributed by atoms with E-state index in [0.29, 0.717) is 31.1 Å². The Kier molecular flexibility index (Phi) is 5.98. The van der Waals surface area contributed by atoms with E-state index in [2.05, 4.69) is 15.2 Å². The monoisotopic (exact) mass is 341 g/mol. The van der Waals surface area contributed by atoms with Gasteiger partial charge in [-0.2, -0.15) is 0 Å². The summed E-state index contributed by atoms with van der Waals surface area (Å²) in [6.45, 7) is 3.62. The maximum absolute atomic E-state index is 12.5. The van der Waals surface area contributed by atoms with Crippen LogP contribution in [0.2, 0.25) is 0 Å². The summed E-state index contributed by atoms with van der Waals surface area (Å²) in [5.41, 5.74) is 1.68. The zero-order valence-electron chi connectivity index (χ0n) is 14.4. The summed E-state index contributed by atoms with van der Waals surface area (Å²) in [5, 5.41) is 3.04. The van der Waals surface area contributed by atoms with Crippen molar-refractivity contribution in [3.05, 3.63) is 59.9 Å². The van der Waals surface area contributed by atoms with Gasteiger partial charge in [0.2, 0.25) is 0 Å². The number of benzene rings is 1. The van der Waals surface area contributed by atoms with Crippen molar-refractivity contribution in [2.45, 2.75) is 6.04 Å². The van der Waals surface area contributed by atoms with E-state index in [1.165, 1.54) is 0 Å².